The minimum absolute atomic E-state index is 0.0865. The van der Waals surface area contributed by atoms with Gasteiger partial charge >= 0.3 is 0 Å². The van der Waals surface area contributed by atoms with E-state index >= 15 is 0 Å². The van der Waals surface area contributed by atoms with Gasteiger partial charge < -0.3 is 11.1 Å². The summed E-state index contributed by atoms with van der Waals surface area (Å²) >= 11 is 3.35. The number of anilines is 1. The molecule has 4 nitrogen and oxygen atoms in total. The maximum absolute atomic E-state index is 11.5. The van der Waals surface area contributed by atoms with Crippen molar-refractivity contribution in [3.8, 4) is 0 Å². The first-order chi connectivity index (χ1) is 7.52. The molecule has 88 valence electrons. The maximum atomic E-state index is 11.5. The number of hydrogen-bond acceptors (Lipinski definition) is 3. The van der Waals surface area contributed by atoms with Gasteiger partial charge in [-0.3, -0.25) is 4.79 Å². The van der Waals surface area contributed by atoms with Gasteiger partial charge in [0.15, 0.2) is 0 Å². The van der Waals surface area contributed by atoms with Crippen molar-refractivity contribution >= 4 is 27.7 Å². The molecule has 0 aromatic carbocycles. The zero-order valence-electron chi connectivity index (χ0n) is 9.46. The van der Waals surface area contributed by atoms with E-state index in [0.29, 0.717) is 12.2 Å². The summed E-state index contributed by atoms with van der Waals surface area (Å²) in [7, 11) is 0. The molecule has 1 aromatic rings. The van der Waals surface area contributed by atoms with Gasteiger partial charge in [0.2, 0.25) is 5.91 Å². The number of halogens is 1. The van der Waals surface area contributed by atoms with Crippen molar-refractivity contribution in [1.82, 2.24) is 4.98 Å². The molecule has 1 heterocycles. The molecular formula is C11H16BrN3O. The fourth-order valence-corrected chi connectivity index (χ4v) is 1.41. The Morgan fingerprint density at radius 1 is 1.62 bits per heavy atom. The third kappa shape index (κ3) is 3.90. The lowest BCUT2D eigenvalue weighted by Gasteiger charge is -2.09. The van der Waals surface area contributed by atoms with Gasteiger partial charge in [-0.15, -0.1) is 0 Å². The maximum Gasteiger partial charge on any atom is 0.227 e. The molecule has 1 atom stereocenters. The van der Waals surface area contributed by atoms with Crippen LogP contribution in [-0.2, 0) is 4.79 Å². The Balaban J connectivity index is 2.59. The number of nitrogens with one attached hydrogen (secondary N) is 1. The molecular weight excluding hydrogens is 270 g/mol. The summed E-state index contributed by atoms with van der Waals surface area (Å²) in [5.74, 6) is 0.470. The third-order valence-electron chi connectivity index (χ3n) is 2.26. The van der Waals surface area contributed by atoms with E-state index in [9.17, 15) is 4.79 Å². The molecule has 0 spiro atoms. The van der Waals surface area contributed by atoms with Crippen LogP contribution in [0.4, 0.5) is 5.82 Å². The van der Waals surface area contributed by atoms with Crippen molar-refractivity contribution in [2.24, 2.45) is 5.73 Å². The lowest BCUT2D eigenvalue weighted by molar-refractivity contribution is -0.116. The van der Waals surface area contributed by atoms with Gasteiger partial charge in [0.05, 0.1) is 5.69 Å². The molecule has 1 unspecified atom stereocenters. The Morgan fingerprint density at radius 3 is 2.88 bits per heavy atom. The number of amides is 1. The summed E-state index contributed by atoms with van der Waals surface area (Å²) in [5, 5.41) is 2.72. The zero-order valence-corrected chi connectivity index (χ0v) is 11.0. The number of hydrogen-bond donors (Lipinski definition) is 2. The fourth-order valence-electron chi connectivity index (χ4n) is 1.19. The Hall–Kier alpha value is -0.940. The highest BCUT2D eigenvalue weighted by atomic mass is 79.9. The van der Waals surface area contributed by atoms with Gasteiger partial charge in [-0.1, -0.05) is 6.92 Å². The lowest BCUT2D eigenvalue weighted by Crippen LogP contribution is -2.26. The summed E-state index contributed by atoms with van der Waals surface area (Å²) in [4.78, 5) is 15.8. The molecule has 0 aliphatic carbocycles. The van der Waals surface area contributed by atoms with Crippen molar-refractivity contribution in [1.29, 1.82) is 0 Å². The van der Waals surface area contributed by atoms with Crippen LogP contribution >= 0.6 is 15.9 Å². The molecule has 0 bridgehead atoms. The third-order valence-corrected chi connectivity index (χ3v) is 3.10. The highest BCUT2D eigenvalue weighted by Crippen LogP contribution is 2.16. The number of carbonyl (C=O) groups excluding carboxylic acids is 1. The molecule has 1 amide bonds. The monoisotopic (exact) mass is 285 g/mol. The Morgan fingerprint density at radius 2 is 2.31 bits per heavy atom. The fraction of sp³-hybridized carbons (Fsp3) is 0.455. The second-order valence-corrected chi connectivity index (χ2v) is 4.54. The van der Waals surface area contributed by atoms with Crippen molar-refractivity contribution in [2.75, 3.05) is 5.32 Å². The summed E-state index contributed by atoms with van der Waals surface area (Å²) < 4.78 is 0.927. The van der Waals surface area contributed by atoms with Crippen molar-refractivity contribution in [3.05, 3.63) is 22.3 Å². The van der Waals surface area contributed by atoms with Gasteiger partial charge in [-0.25, -0.2) is 4.98 Å². The van der Waals surface area contributed by atoms with Crippen LogP contribution in [0.1, 0.15) is 25.5 Å². The molecule has 1 rings (SSSR count). The molecule has 0 saturated heterocycles. The Kier molecular flexibility index (Phi) is 4.89. The number of nitrogens with zero attached hydrogens (tertiary/aromatic N) is 1. The molecule has 5 heteroatoms. The largest absolute Gasteiger partial charge is 0.327 e. The van der Waals surface area contributed by atoms with Crippen molar-refractivity contribution in [2.45, 2.75) is 32.7 Å². The zero-order chi connectivity index (χ0) is 12.1. The van der Waals surface area contributed by atoms with Gasteiger partial charge in [0, 0.05) is 16.9 Å². The quantitative estimate of drug-likeness (QED) is 0.891. The molecule has 3 N–H and O–H groups in total. The molecule has 0 fully saturated rings. The second kappa shape index (κ2) is 5.96. The standard InChI is InChI=1S/C11H16BrN3O/c1-3-8(13)6-11(16)15-10-5-4-9(12)7(2)14-10/h4-5,8H,3,6,13H2,1-2H3,(H,14,15,16). The van der Waals surface area contributed by atoms with Gasteiger partial charge in [-0.2, -0.15) is 0 Å². The van der Waals surface area contributed by atoms with E-state index in [0.717, 1.165) is 16.6 Å². The first-order valence-electron chi connectivity index (χ1n) is 5.21. The second-order valence-electron chi connectivity index (χ2n) is 3.68. The van der Waals surface area contributed by atoms with Crippen LogP contribution in [0.25, 0.3) is 0 Å². The van der Waals surface area contributed by atoms with Crippen LogP contribution in [0.3, 0.4) is 0 Å². The van der Waals surface area contributed by atoms with Gasteiger partial charge in [0.1, 0.15) is 5.82 Å². The Bertz CT molecular complexity index is 381. The molecule has 0 aliphatic rings. The average Bonchev–Trinajstić information content (AvgIpc) is 2.23. The molecule has 0 radical (unpaired) electrons. The normalized spacial score (nSPS) is 12.2. The molecule has 16 heavy (non-hydrogen) atoms. The van der Waals surface area contributed by atoms with Crippen molar-refractivity contribution < 1.29 is 4.79 Å². The molecule has 0 saturated carbocycles. The summed E-state index contributed by atoms with van der Waals surface area (Å²) in [6.45, 7) is 3.83. The average molecular weight is 286 g/mol. The van der Waals surface area contributed by atoms with Crippen LogP contribution in [0, 0.1) is 6.92 Å². The van der Waals surface area contributed by atoms with E-state index in [-0.39, 0.29) is 11.9 Å². The number of rotatable bonds is 4. The van der Waals surface area contributed by atoms with E-state index in [1.807, 2.05) is 19.9 Å². The predicted molar refractivity (Wildman–Crippen MR) is 68.2 cm³/mol. The van der Waals surface area contributed by atoms with Gasteiger partial charge in [0.25, 0.3) is 0 Å². The highest BCUT2D eigenvalue weighted by molar-refractivity contribution is 9.10. The van der Waals surface area contributed by atoms with Crippen molar-refractivity contribution in [3.63, 3.8) is 0 Å². The first-order valence-corrected chi connectivity index (χ1v) is 6.00. The molecule has 0 aliphatic heterocycles. The summed E-state index contributed by atoms with van der Waals surface area (Å²) in [5.41, 5.74) is 6.54. The Labute approximate surface area is 104 Å². The van der Waals surface area contributed by atoms with Crippen LogP contribution in [-0.4, -0.2) is 16.9 Å². The van der Waals surface area contributed by atoms with Crippen LogP contribution < -0.4 is 11.1 Å². The number of carbonyl (C=O) groups is 1. The van der Waals surface area contributed by atoms with E-state index in [1.165, 1.54) is 0 Å². The summed E-state index contributed by atoms with van der Waals surface area (Å²) in [6, 6.07) is 3.53. The smallest absolute Gasteiger partial charge is 0.227 e. The van der Waals surface area contributed by atoms with E-state index in [4.69, 9.17) is 5.73 Å². The first kappa shape index (κ1) is 13.1. The number of nitrogens with two attached hydrogens (primary N) is 1. The molecule has 1 aromatic heterocycles. The number of aromatic nitrogens is 1. The topological polar surface area (TPSA) is 68.0 Å². The van der Waals surface area contributed by atoms with E-state index in [2.05, 4.69) is 26.2 Å². The number of pyridine rings is 1. The minimum Gasteiger partial charge on any atom is -0.327 e. The van der Waals surface area contributed by atoms with E-state index in [1.54, 1.807) is 6.07 Å². The minimum atomic E-state index is -0.0939. The summed E-state index contributed by atoms with van der Waals surface area (Å²) in [6.07, 6.45) is 1.12. The van der Waals surface area contributed by atoms with Crippen LogP contribution in [0.15, 0.2) is 16.6 Å². The number of aryl methyl sites for hydroxylation is 1. The lowest BCUT2D eigenvalue weighted by atomic mass is 10.1. The van der Waals surface area contributed by atoms with Crippen LogP contribution in [0.2, 0.25) is 0 Å². The van der Waals surface area contributed by atoms with E-state index < -0.39 is 0 Å². The predicted octanol–water partition coefficient (Wildman–Crippen LogP) is 2.22. The SMILES string of the molecule is CCC(N)CC(=O)Nc1ccc(Br)c(C)n1. The van der Waals surface area contributed by atoms with Gasteiger partial charge in [-0.05, 0) is 41.4 Å². The highest BCUT2D eigenvalue weighted by Gasteiger charge is 2.08. The van der Waals surface area contributed by atoms with Crippen LogP contribution in [0.5, 0.6) is 0 Å².